The lowest BCUT2D eigenvalue weighted by Gasteiger charge is -2.05. The lowest BCUT2D eigenvalue weighted by molar-refractivity contribution is 0.780. The largest absolute Gasteiger partial charge is 0.275 e. The Kier molecular flexibility index (Phi) is 3.13. The molecule has 1 aromatic carbocycles. The maximum atomic E-state index is 6.39. The highest BCUT2D eigenvalue weighted by molar-refractivity contribution is 9.10. The molecule has 6 heteroatoms. The Morgan fingerprint density at radius 1 is 1.18 bits per heavy atom. The van der Waals surface area contributed by atoms with Crippen LogP contribution in [-0.2, 0) is 7.05 Å². The molecule has 0 aliphatic carbocycles. The first-order valence-corrected chi connectivity index (χ1v) is 7.83. The quantitative estimate of drug-likeness (QED) is 0.490. The van der Waals surface area contributed by atoms with Crippen molar-refractivity contribution in [2.75, 3.05) is 0 Å². The summed E-state index contributed by atoms with van der Waals surface area (Å²) in [5.41, 5.74) is 3.39. The summed E-state index contributed by atoms with van der Waals surface area (Å²) in [6.07, 6.45) is 3.70. The van der Waals surface area contributed by atoms with Crippen LogP contribution in [-0.4, -0.2) is 19.7 Å². The molecular weight excluding hydrogens is 364 g/mol. The predicted octanol–water partition coefficient (Wildman–Crippen LogP) is 4.60. The molecule has 4 rings (SSSR count). The molecule has 0 saturated carbocycles. The van der Waals surface area contributed by atoms with E-state index in [9.17, 15) is 0 Å². The summed E-state index contributed by atoms with van der Waals surface area (Å²) >= 11 is 9.79. The number of halogens is 2. The van der Waals surface area contributed by atoms with E-state index in [2.05, 4.69) is 37.1 Å². The van der Waals surface area contributed by atoms with Crippen molar-refractivity contribution >= 4 is 49.5 Å². The van der Waals surface area contributed by atoms with Gasteiger partial charge >= 0.3 is 0 Å². The Balaban J connectivity index is 1.93. The van der Waals surface area contributed by atoms with Gasteiger partial charge in [-0.25, -0.2) is 9.97 Å². The van der Waals surface area contributed by atoms with Crippen molar-refractivity contribution in [2.24, 2.45) is 7.05 Å². The zero-order chi connectivity index (χ0) is 15.3. The van der Waals surface area contributed by atoms with Gasteiger partial charge in [0.25, 0.3) is 0 Å². The fourth-order valence-corrected chi connectivity index (χ4v) is 3.07. The third-order valence-corrected chi connectivity index (χ3v) is 4.24. The van der Waals surface area contributed by atoms with Crippen molar-refractivity contribution in [2.45, 2.75) is 0 Å². The van der Waals surface area contributed by atoms with Gasteiger partial charge in [-0.1, -0.05) is 17.7 Å². The number of rotatable bonds is 1. The minimum absolute atomic E-state index is 0.636. The molecule has 0 aliphatic heterocycles. The molecule has 0 saturated heterocycles. The van der Waals surface area contributed by atoms with E-state index in [-0.39, 0.29) is 0 Å². The maximum absolute atomic E-state index is 6.39. The normalized spacial score (nSPS) is 11.4. The summed E-state index contributed by atoms with van der Waals surface area (Å²) in [6.45, 7) is 0. The molecule has 4 aromatic rings. The highest BCUT2D eigenvalue weighted by atomic mass is 79.9. The average molecular weight is 374 g/mol. The molecule has 3 aromatic heterocycles. The molecule has 0 atom stereocenters. The number of fused-ring (bicyclic) bond motifs is 2. The monoisotopic (exact) mass is 372 g/mol. The van der Waals surface area contributed by atoms with Crippen molar-refractivity contribution in [3.8, 4) is 11.3 Å². The molecule has 22 heavy (non-hydrogen) atoms. The van der Waals surface area contributed by atoms with E-state index in [0.29, 0.717) is 10.7 Å². The second-order valence-electron chi connectivity index (χ2n) is 5.09. The molecule has 3 heterocycles. The standard InChI is InChI=1S/C16H10BrClN4/c1-22-8-10-4-9(2-3-14(10)21-22)15-6-13(18)12-5-11(17)7-19-16(12)20-15/h2-8H,1H3. The zero-order valence-corrected chi connectivity index (χ0v) is 13.9. The van der Waals surface area contributed by atoms with E-state index in [0.717, 1.165) is 32.0 Å². The number of benzene rings is 1. The minimum atomic E-state index is 0.636. The van der Waals surface area contributed by atoms with E-state index in [1.54, 1.807) is 10.9 Å². The Labute approximate surface area is 139 Å². The van der Waals surface area contributed by atoms with Crippen LogP contribution in [0.2, 0.25) is 5.02 Å². The summed E-state index contributed by atoms with van der Waals surface area (Å²) in [5, 5.41) is 6.92. The molecule has 0 bridgehead atoms. The molecule has 0 amide bonds. The first-order valence-electron chi connectivity index (χ1n) is 6.66. The Morgan fingerprint density at radius 2 is 2.05 bits per heavy atom. The first-order chi connectivity index (χ1) is 10.6. The summed E-state index contributed by atoms with van der Waals surface area (Å²) < 4.78 is 2.68. The van der Waals surface area contributed by atoms with Crippen LogP contribution >= 0.6 is 27.5 Å². The number of aromatic nitrogens is 4. The Hall–Kier alpha value is -1.98. The molecule has 0 unspecified atom stereocenters. The van der Waals surface area contributed by atoms with Crippen molar-refractivity contribution in [1.29, 1.82) is 0 Å². The van der Waals surface area contributed by atoms with E-state index in [4.69, 9.17) is 11.6 Å². The van der Waals surface area contributed by atoms with Gasteiger partial charge in [-0.15, -0.1) is 0 Å². The number of pyridine rings is 2. The molecule has 4 nitrogen and oxygen atoms in total. The van der Waals surface area contributed by atoms with Crippen LogP contribution in [0.4, 0.5) is 0 Å². The molecule has 0 aliphatic rings. The lowest BCUT2D eigenvalue weighted by Crippen LogP contribution is -1.89. The zero-order valence-electron chi connectivity index (χ0n) is 11.6. The van der Waals surface area contributed by atoms with Gasteiger partial charge < -0.3 is 0 Å². The van der Waals surface area contributed by atoms with E-state index in [1.807, 2.05) is 37.5 Å². The summed E-state index contributed by atoms with van der Waals surface area (Å²) in [7, 11) is 1.91. The summed E-state index contributed by atoms with van der Waals surface area (Å²) in [4.78, 5) is 8.95. The van der Waals surface area contributed by atoms with E-state index < -0.39 is 0 Å². The fourth-order valence-electron chi connectivity index (χ4n) is 2.50. The van der Waals surface area contributed by atoms with Gasteiger partial charge in [0.05, 0.1) is 16.2 Å². The highest BCUT2D eigenvalue weighted by Gasteiger charge is 2.09. The molecule has 0 fully saturated rings. The number of hydrogen-bond donors (Lipinski definition) is 0. The highest BCUT2D eigenvalue weighted by Crippen LogP contribution is 2.30. The average Bonchev–Trinajstić information content (AvgIpc) is 2.87. The van der Waals surface area contributed by atoms with E-state index in [1.165, 1.54) is 0 Å². The van der Waals surface area contributed by atoms with Crippen molar-refractivity contribution in [1.82, 2.24) is 19.7 Å². The second-order valence-corrected chi connectivity index (χ2v) is 6.41. The summed E-state index contributed by atoms with van der Waals surface area (Å²) in [6, 6.07) is 9.84. The van der Waals surface area contributed by atoms with Crippen LogP contribution < -0.4 is 0 Å². The summed E-state index contributed by atoms with van der Waals surface area (Å²) in [5.74, 6) is 0. The topological polar surface area (TPSA) is 43.6 Å². The molecule has 0 N–H and O–H groups in total. The van der Waals surface area contributed by atoms with Gasteiger partial charge in [-0.2, -0.15) is 5.10 Å². The number of aryl methyl sites for hydroxylation is 1. The van der Waals surface area contributed by atoms with Crippen molar-refractivity contribution < 1.29 is 0 Å². The molecule has 0 spiro atoms. The predicted molar refractivity (Wildman–Crippen MR) is 92.0 cm³/mol. The number of hydrogen-bond acceptors (Lipinski definition) is 3. The van der Waals surface area contributed by atoms with Crippen LogP contribution in [0.3, 0.4) is 0 Å². The lowest BCUT2D eigenvalue weighted by atomic mass is 10.1. The maximum Gasteiger partial charge on any atom is 0.161 e. The number of nitrogens with zero attached hydrogens (tertiary/aromatic N) is 4. The van der Waals surface area contributed by atoms with Gasteiger partial charge in [0, 0.05) is 40.2 Å². The van der Waals surface area contributed by atoms with Gasteiger partial charge in [-0.3, -0.25) is 4.68 Å². The fraction of sp³-hybridized carbons (Fsp3) is 0.0625. The van der Waals surface area contributed by atoms with Crippen molar-refractivity contribution in [3.05, 3.63) is 52.2 Å². The van der Waals surface area contributed by atoms with Crippen LogP contribution in [0.15, 0.2) is 47.2 Å². The van der Waals surface area contributed by atoms with Gasteiger partial charge in [0.2, 0.25) is 0 Å². The van der Waals surface area contributed by atoms with E-state index >= 15 is 0 Å². The third kappa shape index (κ3) is 2.26. The van der Waals surface area contributed by atoms with Crippen molar-refractivity contribution in [3.63, 3.8) is 0 Å². The van der Waals surface area contributed by atoms with Crippen LogP contribution in [0, 0.1) is 0 Å². The SMILES string of the molecule is Cn1cc2cc(-c3cc(Cl)c4cc(Br)cnc4n3)ccc2n1. The Morgan fingerprint density at radius 3 is 2.91 bits per heavy atom. The minimum Gasteiger partial charge on any atom is -0.275 e. The third-order valence-electron chi connectivity index (χ3n) is 3.50. The molecule has 0 radical (unpaired) electrons. The first kappa shape index (κ1) is 13.7. The second kappa shape index (κ2) is 5.04. The smallest absolute Gasteiger partial charge is 0.161 e. The molecular formula is C16H10BrClN4. The Bertz CT molecular complexity index is 1030. The van der Waals surface area contributed by atoms with Gasteiger partial charge in [0.1, 0.15) is 0 Å². The van der Waals surface area contributed by atoms with Gasteiger partial charge in [0.15, 0.2) is 5.65 Å². The molecule has 108 valence electrons. The van der Waals surface area contributed by atoms with Crippen LogP contribution in [0.5, 0.6) is 0 Å². The van der Waals surface area contributed by atoms with Crippen LogP contribution in [0.1, 0.15) is 0 Å². The van der Waals surface area contributed by atoms with Crippen LogP contribution in [0.25, 0.3) is 33.2 Å². The van der Waals surface area contributed by atoms with Gasteiger partial charge in [-0.05, 0) is 40.2 Å².